The molecule has 0 saturated heterocycles. The zero-order chi connectivity index (χ0) is 17.8. The van der Waals surface area contributed by atoms with Crippen LogP contribution in [0.15, 0.2) is 48.7 Å². The van der Waals surface area contributed by atoms with Crippen molar-refractivity contribution in [3.05, 3.63) is 71.2 Å². The molecule has 0 radical (unpaired) electrons. The summed E-state index contributed by atoms with van der Waals surface area (Å²) in [6, 6.07) is 14.3. The topological polar surface area (TPSA) is 57.8 Å². The second-order valence-corrected chi connectivity index (χ2v) is 6.25. The highest BCUT2D eigenvalue weighted by Crippen LogP contribution is 2.19. The Labute approximate surface area is 147 Å². The molecule has 0 aliphatic rings. The lowest BCUT2D eigenvalue weighted by Crippen LogP contribution is -2.24. The lowest BCUT2D eigenvalue weighted by Gasteiger charge is -2.21. The van der Waals surface area contributed by atoms with Gasteiger partial charge in [-0.1, -0.05) is 43.3 Å². The second-order valence-electron chi connectivity index (χ2n) is 6.25. The predicted molar refractivity (Wildman–Crippen MR) is 97.5 cm³/mol. The molecule has 130 valence electrons. The van der Waals surface area contributed by atoms with Crippen molar-refractivity contribution in [2.45, 2.75) is 33.4 Å². The van der Waals surface area contributed by atoms with E-state index in [1.807, 2.05) is 47.9 Å². The predicted octanol–water partition coefficient (Wildman–Crippen LogP) is 3.29. The summed E-state index contributed by atoms with van der Waals surface area (Å²) in [4.78, 5) is 18.2. The van der Waals surface area contributed by atoms with E-state index in [2.05, 4.69) is 28.9 Å². The van der Waals surface area contributed by atoms with Gasteiger partial charge < -0.3 is 9.51 Å². The van der Waals surface area contributed by atoms with Crippen LogP contribution in [-0.2, 0) is 24.3 Å². The molecule has 2 heterocycles. The Kier molecular flexibility index (Phi) is 5.14. The van der Waals surface area contributed by atoms with Crippen molar-refractivity contribution in [3.63, 3.8) is 0 Å². The van der Waals surface area contributed by atoms with Gasteiger partial charge in [0.15, 0.2) is 0 Å². The Balaban J connectivity index is 1.95. The highest BCUT2D eigenvalue weighted by molar-refractivity contribution is 5.70. The number of hydrogen-bond donors (Lipinski definition) is 1. The van der Waals surface area contributed by atoms with Gasteiger partial charge >= 0.3 is 5.97 Å². The molecule has 0 spiro atoms. The summed E-state index contributed by atoms with van der Waals surface area (Å²) in [6.07, 6.45) is 1.91. The first-order valence-electron chi connectivity index (χ1n) is 8.52. The van der Waals surface area contributed by atoms with Crippen molar-refractivity contribution in [1.29, 1.82) is 0 Å². The van der Waals surface area contributed by atoms with Crippen LogP contribution in [0.4, 0.5) is 0 Å². The van der Waals surface area contributed by atoms with Crippen LogP contribution in [0, 0.1) is 6.92 Å². The SMILES string of the molecule is CCN(Cc1ccccc1)Cc1c(CC(=O)O)nc2c(C)cccn12. The van der Waals surface area contributed by atoms with Crippen molar-refractivity contribution in [2.75, 3.05) is 6.54 Å². The van der Waals surface area contributed by atoms with E-state index in [-0.39, 0.29) is 6.42 Å². The molecule has 0 aliphatic carbocycles. The summed E-state index contributed by atoms with van der Waals surface area (Å²) < 4.78 is 2.03. The van der Waals surface area contributed by atoms with Crippen molar-refractivity contribution in [1.82, 2.24) is 14.3 Å². The van der Waals surface area contributed by atoms with E-state index in [4.69, 9.17) is 0 Å². The van der Waals surface area contributed by atoms with Crippen LogP contribution < -0.4 is 0 Å². The van der Waals surface area contributed by atoms with Crippen LogP contribution in [0.25, 0.3) is 5.65 Å². The van der Waals surface area contributed by atoms with Gasteiger partial charge in [-0.3, -0.25) is 9.69 Å². The number of benzene rings is 1. The number of rotatable bonds is 7. The fraction of sp³-hybridized carbons (Fsp3) is 0.300. The van der Waals surface area contributed by atoms with Gasteiger partial charge in [0.2, 0.25) is 0 Å². The van der Waals surface area contributed by atoms with Crippen LogP contribution in [0.1, 0.15) is 29.4 Å². The maximum absolute atomic E-state index is 11.3. The minimum absolute atomic E-state index is 0.0562. The Morgan fingerprint density at radius 3 is 2.60 bits per heavy atom. The Morgan fingerprint density at radius 2 is 1.92 bits per heavy atom. The van der Waals surface area contributed by atoms with E-state index in [0.717, 1.165) is 30.0 Å². The number of aromatic nitrogens is 2. The molecule has 0 saturated carbocycles. The minimum Gasteiger partial charge on any atom is -0.481 e. The van der Waals surface area contributed by atoms with Crippen LogP contribution in [0.3, 0.4) is 0 Å². The largest absolute Gasteiger partial charge is 0.481 e. The fourth-order valence-corrected chi connectivity index (χ4v) is 3.08. The number of pyridine rings is 1. The first kappa shape index (κ1) is 17.2. The summed E-state index contributed by atoms with van der Waals surface area (Å²) in [5.41, 5.74) is 4.73. The number of aryl methyl sites for hydroxylation is 1. The number of imidazole rings is 1. The quantitative estimate of drug-likeness (QED) is 0.719. The summed E-state index contributed by atoms with van der Waals surface area (Å²) >= 11 is 0. The summed E-state index contributed by atoms with van der Waals surface area (Å²) in [6.45, 7) is 6.48. The molecule has 0 fully saturated rings. The highest BCUT2D eigenvalue weighted by atomic mass is 16.4. The number of hydrogen-bond acceptors (Lipinski definition) is 3. The van der Waals surface area contributed by atoms with Crippen molar-refractivity contribution in [2.24, 2.45) is 0 Å². The van der Waals surface area contributed by atoms with Crippen molar-refractivity contribution >= 4 is 11.6 Å². The second kappa shape index (κ2) is 7.49. The molecular weight excluding hydrogens is 314 g/mol. The van der Waals surface area contributed by atoms with Crippen LogP contribution >= 0.6 is 0 Å². The average molecular weight is 337 g/mol. The Bertz CT molecular complexity index is 871. The average Bonchev–Trinajstić information content (AvgIpc) is 2.93. The van der Waals surface area contributed by atoms with Gasteiger partial charge in [-0.2, -0.15) is 0 Å². The van der Waals surface area contributed by atoms with Crippen LogP contribution in [-0.4, -0.2) is 31.9 Å². The molecule has 0 aliphatic heterocycles. The summed E-state index contributed by atoms with van der Waals surface area (Å²) in [5, 5.41) is 9.25. The monoisotopic (exact) mass is 337 g/mol. The molecule has 3 rings (SSSR count). The maximum Gasteiger partial charge on any atom is 0.309 e. The third-order valence-corrected chi connectivity index (χ3v) is 4.42. The fourth-order valence-electron chi connectivity index (χ4n) is 3.08. The van der Waals surface area contributed by atoms with E-state index in [1.54, 1.807) is 0 Å². The zero-order valence-corrected chi connectivity index (χ0v) is 14.6. The zero-order valence-electron chi connectivity index (χ0n) is 14.6. The van der Waals surface area contributed by atoms with Crippen molar-refractivity contribution < 1.29 is 9.90 Å². The van der Waals surface area contributed by atoms with E-state index < -0.39 is 5.97 Å². The van der Waals surface area contributed by atoms with Gasteiger partial charge in [0.1, 0.15) is 5.65 Å². The van der Waals surface area contributed by atoms with Gasteiger partial charge in [-0.25, -0.2) is 4.98 Å². The van der Waals surface area contributed by atoms with E-state index in [1.165, 1.54) is 5.56 Å². The number of carboxylic acid groups (broad SMARTS) is 1. The number of aliphatic carboxylic acids is 1. The van der Waals surface area contributed by atoms with Gasteiger partial charge in [0, 0.05) is 19.3 Å². The van der Waals surface area contributed by atoms with Crippen LogP contribution in [0.2, 0.25) is 0 Å². The molecule has 3 aromatic rings. The molecule has 0 amide bonds. The number of nitrogens with zero attached hydrogens (tertiary/aromatic N) is 3. The van der Waals surface area contributed by atoms with Gasteiger partial charge in [0.25, 0.3) is 0 Å². The number of carbonyl (C=O) groups is 1. The lowest BCUT2D eigenvalue weighted by atomic mass is 10.2. The van der Waals surface area contributed by atoms with Gasteiger partial charge in [-0.05, 0) is 30.7 Å². The molecule has 0 unspecified atom stereocenters. The first-order valence-corrected chi connectivity index (χ1v) is 8.52. The van der Waals surface area contributed by atoms with Gasteiger partial charge in [0.05, 0.1) is 17.8 Å². The molecule has 1 aromatic carbocycles. The van der Waals surface area contributed by atoms with Gasteiger partial charge in [-0.15, -0.1) is 0 Å². The molecule has 0 atom stereocenters. The first-order chi connectivity index (χ1) is 12.1. The molecule has 5 nitrogen and oxygen atoms in total. The highest BCUT2D eigenvalue weighted by Gasteiger charge is 2.18. The van der Waals surface area contributed by atoms with Crippen LogP contribution in [0.5, 0.6) is 0 Å². The minimum atomic E-state index is -0.853. The van der Waals surface area contributed by atoms with E-state index >= 15 is 0 Å². The summed E-state index contributed by atoms with van der Waals surface area (Å²) in [7, 11) is 0. The number of fused-ring (bicyclic) bond motifs is 1. The third-order valence-electron chi connectivity index (χ3n) is 4.42. The van der Waals surface area contributed by atoms with Crippen molar-refractivity contribution in [3.8, 4) is 0 Å². The normalized spacial score (nSPS) is 11.3. The molecule has 25 heavy (non-hydrogen) atoms. The standard InChI is InChI=1S/C20H23N3O2/c1-3-22(13-16-9-5-4-6-10-16)14-18-17(12-19(24)25)21-20-15(2)8-7-11-23(18)20/h4-11H,3,12-14H2,1-2H3,(H,24,25). The Hall–Kier alpha value is -2.66. The smallest absolute Gasteiger partial charge is 0.309 e. The lowest BCUT2D eigenvalue weighted by molar-refractivity contribution is -0.136. The van der Waals surface area contributed by atoms with E-state index in [0.29, 0.717) is 12.2 Å². The maximum atomic E-state index is 11.3. The summed E-state index contributed by atoms with van der Waals surface area (Å²) in [5.74, 6) is -0.853. The molecule has 2 aromatic heterocycles. The Morgan fingerprint density at radius 1 is 1.16 bits per heavy atom. The third kappa shape index (κ3) is 3.88. The molecule has 1 N–H and O–H groups in total. The molecule has 5 heteroatoms. The molecule has 0 bridgehead atoms. The number of carboxylic acids is 1. The molecular formula is C20H23N3O2. The van der Waals surface area contributed by atoms with E-state index in [9.17, 15) is 9.90 Å².